The summed E-state index contributed by atoms with van der Waals surface area (Å²) >= 11 is 0. The van der Waals surface area contributed by atoms with E-state index in [1.54, 1.807) is 36.4 Å². The van der Waals surface area contributed by atoms with Crippen molar-refractivity contribution in [3.05, 3.63) is 54.1 Å². The molecule has 0 atom stereocenters. The highest BCUT2D eigenvalue weighted by Gasteiger charge is 2.14. The third-order valence-electron chi connectivity index (χ3n) is 2.71. The minimum atomic E-state index is -3.68. The molecule has 0 radical (unpaired) electrons. The van der Waals surface area contributed by atoms with Gasteiger partial charge in [0.05, 0.1) is 4.90 Å². The molecule has 0 saturated carbocycles. The first-order valence-corrected chi connectivity index (χ1v) is 7.36. The van der Waals surface area contributed by atoms with E-state index in [4.69, 9.17) is 5.73 Å². The van der Waals surface area contributed by atoms with E-state index < -0.39 is 10.0 Å². The Hall–Kier alpha value is -2.34. The van der Waals surface area contributed by atoms with Crippen molar-refractivity contribution in [3.63, 3.8) is 0 Å². The molecule has 2 aromatic carbocycles. The van der Waals surface area contributed by atoms with Gasteiger partial charge in [-0.2, -0.15) is 0 Å². The minimum absolute atomic E-state index is 0.0739. The Balaban J connectivity index is 2.26. The van der Waals surface area contributed by atoms with Crippen LogP contribution < -0.4 is 10.5 Å². The summed E-state index contributed by atoms with van der Waals surface area (Å²) in [5, 5.41) is 0. The molecule has 0 bridgehead atoms. The number of benzene rings is 2. The largest absolute Gasteiger partial charge is 0.399 e. The molecule has 0 aromatic heterocycles. The number of hydrogen-bond acceptors (Lipinski definition) is 4. The first-order chi connectivity index (χ1) is 9.38. The van der Waals surface area contributed by atoms with Crippen molar-refractivity contribution in [3.8, 4) is 0 Å². The smallest absolute Gasteiger partial charge is 0.261 e. The summed E-state index contributed by atoms with van der Waals surface area (Å²) < 4.78 is 26.7. The van der Waals surface area contributed by atoms with Crippen molar-refractivity contribution < 1.29 is 13.2 Å². The highest BCUT2D eigenvalue weighted by atomic mass is 32.2. The standard InChI is InChI=1S/C14H14N2O3S/c1-10(17)11-5-7-13(8-6-11)16-20(18,19)14-4-2-3-12(15)9-14/h2-9,16H,15H2,1H3. The van der Waals surface area contributed by atoms with Crippen molar-refractivity contribution in [1.82, 2.24) is 0 Å². The van der Waals surface area contributed by atoms with Crippen LogP contribution in [-0.4, -0.2) is 14.2 Å². The number of anilines is 2. The highest BCUT2D eigenvalue weighted by Crippen LogP contribution is 2.18. The van der Waals surface area contributed by atoms with E-state index in [0.29, 0.717) is 16.9 Å². The first-order valence-electron chi connectivity index (χ1n) is 5.88. The van der Waals surface area contributed by atoms with Crippen LogP contribution in [0, 0.1) is 0 Å². The summed E-state index contributed by atoms with van der Waals surface area (Å²) in [5.74, 6) is -0.0739. The molecule has 5 nitrogen and oxygen atoms in total. The Morgan fingerprint density at radius 3 is 2.30 bits per heavy atom. The molecule has 0 aliphatic rings. The maximum Gasteiger partial charge on any atom is 0.261 e. The number of nitrogens with two attached hydrogens (primary N) is 1. The Morgan fingerprint density at radius 1 is 1.10 bits per heavy atom. The molecule has 0 saturated heterocycles. The molecule has 104 valence electrons. The van der Waals surface area contributed by atoms with Crippen LogP contribution in [-0.2, 0) is 10.0 Å². The molecule has 6 heteroatoms. The summed E-state index contributed by atoms with van der Waals surface area (Å²) in [5.41, 5.74) is 6.86. The van der Waals surface area contributed by atoms with E-state index in [0.717, 1.165) is 0 Å². The van der Waals surface area contributed by atoms with E-state index >= 15 is 0 Å². The van der Waals surface area contributed by atoms with Gasteiger partial charge in [0, 0.05) is 16.9 Å². The second kappa shape index (κ2) is 5.34. The van der Waals surface area contributed by atoms with Gasteiger partial charge in [-0.15, -0.1) is 0 Å². The maximum absolute atomic E-state index is 12.1. The van der Waals surface area contributed by atoms with E-state index in [1.165, 1.54) is 19.1 Å². The fourth-order valence-corrected chi connectivity index (χ4v) is 2.78. The third kappa shape index (κ3) is 3.16. The Morgan fingerprint density at radius 2 is 1.75 bits per heavy atom. The monoisotopic (exact) mass is 290 g/mol. The molecule has 0 spiro atoms. The third-order valence-corrected chi connectivity index (χ3v) is 4.09. The first kappa shape index (κ1) is 14.1. The van der Waals surface area contributed by atoms with Crippen molar-refractivity contribution in [1.29, 1.82) is 0 Å². The number of Topliss-reactive ketones (excluding diaryl/α,β-unsaturated/α-hetero) is 1. The van der Waals surface area contributed by atoms with Crippen LogP contribution >= 0.6 is 0 Å². The summed E-state index contributed by atoms with van der Waals surface area (Å²) in [6, 6.07) is 12.2. The number of nitrogen functional groups attached to an aromatic ring is 1. The average Bonchev–Trinajstić information content (AvgIpc) is 2.39. The van der Waals surface area contributed by atoms with Crippen molar-refractivity contribution in [2.45, 2.75) is 11.8 Å². The van der Waals surface area contributed by atoms with Gasteiger partial charge in [-0.25, -0.2) is 8.42 Å². The number of sulfonamides is 1. The topological polar surface area (TPSA) is 89.3 Å². The van der Waals surface area contributed by atoms with Gasteiger partial charge in [-0.1, -0.05) is 6.07 Å². The molecule has 0 amide bonds. The van der Waals surface area contributed by atoms with E-state index in [2.05, 4.69) is 4.72 Å². The highest BCUT2D eigenvalue weighted by molar-refractivity contribution is 7.92. The van der Waals surface area contributed by atoms with Crippen molar-refractivity contribution in [2.24, 2.45) is 0 Å². The second-order valence-electron chi connectivity index (χ2n) is 4.31. The number of carbonyl (C=O) groups is 1. The molecular formula is C14H14N2O3S. The molecule has 20 heavy (non-hydrogen) atoms. The van der Waals surface area contributed by atoms with Gasteiger partial charge >= 0.3 is 0 Å². The molecule has 2 rings (SSSR count). The fourth-order valence-electron chi connectivity index (χ4n) is 1.67. The zero-order chi connectivity index (χ0) is 14.8. The van der Waals surface area contributed by atoms with Crippen LogP contribution in [0.25, 0.3) is 0 Å². The summed E-state index contributed by atoms with van der Waals surface area (Å²) in [7, 11) is -3.68. The Kier molecular flexibility index (Phi) is 3.76. The molecule has 0 heterocycles. The summed E-state index contributed by atoms with van der Waals surface area (Å²) in [6.45, 7) is 1.45. The number of ketones is 1. The van der Waals surface area contributed by atoms with Crippen LogP contribution in [0.4, 0.5) is 11.4 Å². The van der Waals surface area contributed by atoms with E-state index in [-0.39, 0.29) is 10.7 Å². The number of carbonyl (C=O) groups excluding carboxylic acids is 1. The Bertz CT molecular complexity index is 737. The Labute approximate surface area is 117 Å². The predicted molar refractivity (Wildman–Crippen MR) is 78.1 cm³/mol. The van der Waals surface area contributed by atoms with Gasteiger partial charge in [0.25, 0.3) is 10.0 Å². The summed E-state index contributed by atoms with van der Waals surface area (Å²) in [6.07, 6.45) is 0. The zero-order valence-electron chi connectivity index (χ0n) is 10.8. The lowest BCUT2D eigenvalue weighted by Crippen LogP contribution is -2.13. The predicted octanol–water partition coefficient (Wildman–Crippen LogP) is 2.27. The normalized spacial score (nSPS) is 11.1. The van der Waals surface area contributed by atoms with Crippen LogP contribution in [0.15, 0.2) is 53.4 Å². The molecular weight excluding hydrogens is 276 g/mol. The second-order valence-corrected chi connectivity index (χ2v) is 5.99. The molecule has 3 N–H and O–H groups in total. The van der Waals surface area contributed by atoms with E-state index in [1.807, 2.05) is 0 Å². The SMILES string of the molecule is CC(=O)c1ccc(NS(=O)(=O)c2cccc(N)c2)cc1. The maximum atomic E-state index is 12.1. The molecule has 0 fully saturated rings. The number of nitrogens with one attached hydrogen (secondary N) is 1. The lowest BCUT2D eigenvalue weighted by molar-refractivity contribution is 0.101. The van der Waals surface area contributed by atoms with Gasteiger partial charge in [-0.3, -0.25) is 9.52 Å². The lowest BCUT2D eigenvalue weighted by Gasteiger charge is -2.08. The zero-order valence-corrected chi connectivity index (χ0v) is 11.6. The van der Waals surface area contributed by atoms with Gasteiger partial charge in [0.15, 0.2) is 5.78 Å². The number of hydrogen-bond donors (Lipinski definition) is 2. The van der Waals surface area contributed by atoms with Gasteiger partial charge in [0.1, 0.15) is 0 Å². The summed E-state index contributed by atoms with van der Waals surface area (Å²) in [4.78, 5) is 11.2. The van der Waals surface area contributed by atoms with Gasteiger partial charge in [-0.05, 0) is 49.4 Å². The van der Waals surface area contributed by atoms with E-state index in [9.17, 15) is 13.2 Å². The molecule has 0 aliphatic heterocycles. The quantitative estimate of drug-likeness (QED) is 0.667. The van der Waals surface area contributed by atoms with Crippen molar-refractivity contribution in [2.75, 3.05) is 10.5 Å². The van der Waals surface area contributed by atoms with Crippen LogP contribution in [0.1, 0.15) is 17.3 Å². The van der Waals surface area contributed by atoms with Crippen LogP contribution in [0.5, 0.6) is 0 Å². The molecule has 0 aliphatic carbocycles. The van der Waals surface area contributed by atoms with Crippen LogP contribution in [0.2, 0.25) is 0 Å². The lowest BCUT2D eigenvalue weighted by atomic mass is 10.1. The molecule has 2 aromatic rings. The minimum Gasteiger partial charge on any atom is -0.399 e. The molecule has 0 unspecified atom stereocenters. The van der Waals surface area contributed by atoms with Crippen molar-refractivity contribution >= 4 is 27.2 Å². The number of rotatable bonds is 4. The fraction of sp³-hybridized carbons (Fsp3) is 0.0714. The van der Waals surface area contributed by atoms with Crippen LogP contribution in [0.3, 0.4) is 0 Å². The van der Waals surface area contributed by atoms with Gasteiger partial charge < -0.3 is 5.73 Å². The van der Waals surface area contributed by atoms with Gasteiger partial charge in [0.2, 0.25) is 0 Å². The average molecular weight is 290 g/mol.